The number of carbonyl (C=O) groups is 1. The highest BCUT2D eigenvalue weighted by Crippen LogP contribution is 2.33. The van der Waals surface area contributed by atoms with Crippen LogP contribution in [-0.2, 0) is 22.7 Å². The van der Waals surface area contributed by atoms with Gasteiger partial charge >= 0.3 is 0 Å². The largest absolute Gasteiger partial charge is 0.377 e. The Bertz CT molecular complexity index is 538. The summed E-state index contributed by atoms with van der Waals surface area (Å²) in [5, 5.41) is 6.67. The van der Waals surface area contributed by atoms with Crippen LogP contribution >= 0.6 is 12.4 Å². The smallest absolute Gasteiger partial charge is 0.237 e. The van der Waals surface area contributed by atoms with E-state index < -0.39 is 0 Å². The third-order valence-electron chi connectivity index (χ3n) is 5.36. The van der Waals surface area contributed by atoms with Crippen molar-refractivity contribution in [2.75, 3.05) is 6.61 Å². The lowest BCUT2D eigenvalue weighted by molar-refractivity contribution is -0.123. The predicted molar refractivity (Wildman–Crippen MR) is 103 cm³/mol. The molecule has 1 aliphatic heterocycles. The Kier molecular flexibility index (Phi) is 8.20. The Morgan fingerprint density at radius 2 is 2.00 bits per heavy atom. The van der Waals surface area contributed by atoms with Gasteiger partial charge in [0.15, 0.2) is 0 Å². The number of ether oxygens (including phenoxy) is 1. The summed E-state index contributed by atoms with van der Waals surface area (Å²) in [6, 6.07) is 8.75. The molecule has 1 heterocycles. The van der Waals surface area contributed by atoms with Gasteiger partial charge in [-0.1, -0.05) is 44.0 Å². The molecule has 1 saturated carbocycles. The van der Waals surface area contributed by atoms with Crippen molar-refractivity contribution >= 4 is 18.3 Å². The molecular formula is C20H31ClN2O2. The van der Waals surface area contributed by atoms with E-state index in [2.05, 4.69) is 29.7 Å². The molecular weight excluding hydrogens is 336 g/mol. The third kappa shape index (κ3) is 5.44. The number of halogens is 1. The molecule has 1 aromatic rings. The summed E-state index contributed by atoms with van der Waals surface area (Å²) in [5.41, 5.74) is 2.32. The van der Waals surface area contributed by atoms with Crippen LogP contribution < -0.4 is 10.6 Å². The molecule has 0 bridgehead atoms. The molecule has 4 nitrogen and oxygen atoms in total. The number of rotatable bonds is 7. The second kappa shape index (κ2) is 10.1. The highest BCUT2D eigenvalue weighted by atomic mass is 35.5. The van der Waals surface area contributed by atoms with Crippen LogP contribution in [0.5, 0.6) is 0 Å². The van der Waals surface area contributed by atoms with E-state index in [9.17, 15) is 4.79 Å². The van der Waals surface area contributed by atoms with Gasteiger partial charge in [0.1, 0.15) is 0 Å². The van der Waals surface area contributed by atoms with Gasteiger partial charge in [0.05, 0.1) is 12.6 Å². The number of benzene rings is 1. The van der Waals surface area contributed by atoms with Gasteiger partial charge in [-0.25, -0.2) is 0 Å². The molecule has 25 heavy (non-hydrogen) atoms. The van der Waals surface area contributed by atoms with Crippen LogP contribution in [0.1, 0.15) is 56.6 Å². The third-order valence-corrected chi connectivity index (χ3v) is 5.36. The van der Waals surface area contributed by atoms with Gasteiger partial charge in [0, 0.05) is 19.2 Å². The van der Waals surface area contributed by atoms with Crippen LogP contribution in [0.15, 0.2) is 24.3 Å². The molecule has 0 aromatic heterocycles. The Morgan fingerprint density at radius 3 is 2.76 bits per heavy atom. The van der Waals surface area contributed by atoms with E-state index in [0.29, 0.717) is 25.1 Å². The summed E-state index contributed by atoms with van der Waals surface area (Å²) < 4.78 is 5.66. The molecule has 1 saturated heterocycles. The SMILES string of the molecule is CCCOCc1ccccc1CNC(=O)C1CC2CCCCC2N1.Cl. The minimum atomic E-state index is -0.0124. The maximum Gasteiger partial charge on any atom is 0.237 e. The van der Waals surface area contributed by atoms with Gasteiger partial charge in [0.25, 0.3) is 0 Å². The van der Waals surface area contributed by atoms with Crippen molar-refractivity contribution in [2.45, 2.75) is 70.7 Å². The molecule has 2 fully saturated rings. The van der Waals surface area contributed by atoms with Gasteiger partial charge in [0.2, 0.25) is 5.91 Å². The van der Waals surface area contributed by atoms with E-state index in [1.54, 1.807) is 0 Å². The van der Waals surface area contributed by atoms with E-state index >= 15 is 0 Å². The lowest BCUT2D eigenvalue weighted by Crippen LogP contribution is -2.43. The van der Waals surface area contributed by atoms with Crippen molar-refractivity contribution in [1.29, 1.82) is 0 Å². The second-order valence-electron chi connectivity index (χ2n) is 7.15. The molecule has 1 amide bonds. The lowest BCUT2D eigenvalue weighted by atomic mass is 9.85. The van der Waals surface area contributed by atoms with Crippen LogP contribution in [0.4, 0.5) is 0 Å². The van der Waals surface area contributed by atoms with Crippen LogP contribution in [0, 0.1) is 5.92 Å². The first-order chi connectivity index (χ1) is 11.8. The van der Waals surface area contributed by atoms with Crippen LogP contribution in [0.2, 0.25) is 0 Å². The van der Waals surface area contributed by atoms with Gasteiger partial charge in [-0.05, 0) is 42.7 Å². The molecule has 1 aliphatic carbocycles. The minimum absolute atomic E-state index is 0. The van der Waals surface area contributed by atoms with Crippen molar-refractivity contribution in [3.63, 3.8) is 0 Å². The van der Waals surface area contributed by atoms with Crippen molar-refractivity contribution in [3.8, 4) is 0 Å². The van der Waals surface area contributed by atoms with Crippen molar-refractivity contribution in [1.82, 2.24) is 10.6 Å². The Morgan fingerprint density at radius 1 is 1.24 bits per heavy atom. The second-order valence-corrected chi connectivity index (χ2v) is 7.15. The number of fused-ring (bicyclic) bond motifs is 1. The standard InChI is InChI=1S/C20H30N2O2.ClH/c1-2-11-24-14-17-9-4-3-8-16(17)13-21-20(23)19-12-15-7-5-6-10-18(15)22-19;/h3-4,8-9,15,18-19,22H,2,5-7,10-14H2,1H3,(H,21,23);1H. The monoisotopic (exact) mass is 366 g/mol. The first-order valence-corrected chi connectivity index (χ1v) is 9.46. The topological polar surface area (TPSA) is 50.4 Å². The molecule has 140 valence electrons. The number of hydrogen-bond acceptors (Lipinski definition) is 3. The van der Waals surface area contributed by atoms with Gasteiger partial charge in [-0.2, -0.15) is 0 Å². The maximum absolute atomic E-state index is 12.5. The number of hydrogen-bond donors (Lipinski definition) is 2. The fourth-order valence-electron chi connectivity index (χ4n) is 4.02. The number of carbonyl (C=O) groups excluding carboxylic acids is 1. The number of amides is 1. The van der Waals surface area contributed by atoms with E-state index in [-0.39, 0.29) is 24.4 Å². The average molecular weight is 367 g/mol. The highest BCUT2D eigenvalue weighted by molar-refractivity contribution is 5.85. The van der Waals surface area contributed by atoms with E-state index in [4.69, 9.17) is 4.74 Å². The van der Waals surface area contributed by atoms with E-state index in [0.717, 1.165) is 25.0 Å². The minimum Gasteiger partial charge on any atom is -0.377 e. The zero-order valence-electron chi connectivity index (χ0n) is 15.1. The fraction of sp³-hybridized carbons (Fsp3) is 0.650. The normalized spacial score (nSPS) is 25.1. The molecule has 5 heteroatoms. The Labute approximate surface area is 157 Å². The summed E-state index contributed by atoms with van der Waals surface area (Å²) in [6.45, 7) is 4.08. The first-order valence-electron chi connectivity index (χ1n) is 9.46. The zero-order valence-corrected chi connectivity index (χ0v) is 15.9. The molecule has 2 N–H and O–H groups in total. The summed E-state index contributed by atoms with van der Waals surface area (Å²) in [7, 11) is 0. The quantitative estimate of drug-likeness (QED) is 0.725. The molecule has 3 rings (SSSR count). The maximum atomic E-state index is 12.5. The van der Waals surface area contributed by atoms with Gasteiger partial charge in [-0.3, -0.25) is 4.79 Å². The Balaban J connectivity index is 0.00000225. The molecule has 1 aromatic carbocycles. The lowest BCUT2D eigenvalue weighted by Gasteiger charge is -2.24. The van der Waals surface area contributed by atoms with Gasteiger partial charge < -0.3 is 15.4 Å². The van der Waals surface area contributed by atoms with Crippen molar-refractivity contribution < 1.29 is 9.53 Å². The molecule has 0 spiro atoms. The predicted octanol–water partition coefficient (Wildman–Crippen LogP) is 3.57. The summed E-state index contributed by atoms with van der Waals surface area (Å²) in [4.78, 5) is 12.5. The molecule has 0 radical (unpaired) electrons. The van der Waals surface area contributed by atoms with E-state index in [1.807, 2.05) is 12.1 Å². The van der Waals surface area contributed by atoms with Crippen LogP contribution in [0.25, 0.3) is 0 Å². The summed E-state index contributed by atoms with van der Waals surface area (Å²) in [6.07, 6.45) is 7.15. The zero-order chi connectivity index (χ0) is 16.8. The fourth-order valence-corrected chi connectivity index (χ4v) is 4.02. The molecule has 3 unspecified atom stereocenters. The van der Waals surface area contributed by atoms with E-state index in [1.165, 1.54) is 31.2 Å². The molecule has 3 atom stereocenters. The number of nitrogens with one attached hydrogen (secondary N) is 2. The van der Waals surface area contributed by atoms with Crippen molar-refractivity contribution in [2.24, 2.45) is 5.92 Å². The van der Waals surface area contributed by atoms with Crippen LogP contribution in [-0.4, -0.2) is 24.6 Å². The first kappa shape index (κ1) is 20.2. The molecule has 2 aliphatic rings. The van der Waals surface area contributed by atoms with Gasteiger partial charge in [-0.15, -0.1) is 12.4 Å². The summed E-state index contributed by atoms with van der Waals surface area (Å²) in [5.74, 6) is 0.845. The van der Waals surface area contributed by atoms with Crippen LogP contribution in [0.3, 0.4) is 0 Å². The average Bonchev–Trinajstić information content (AvgIpc) is 3.05. The highest BCUT2D eigenvalue weighted by Gasteiger charge is 2.37. The Hall–Kier alpha value is -1.10. The summed E-state index contributed by atoms with van der Waals surface area (Å²) >= 11 is 0. The van der Waals surface area contributed by atoms with Crippen molar-refractivity contribution in [3.05, 3.63) is 35.4 Å².